The third-order valence-corrected chi connectivity index (χ3v) is 1.10. The summed E-state index contributed by atoms with van der Waals surface area (Å²) >= 11 is 0. The molecule has 0 saturated heterocycles. The molecule has 0 aliphatic heterocycles. The minimum atomic E-state index is -2.59. The summed E-state index contributed by atoms with van der Waals surface area (Å²) in [7, 11) is -5.18. The molecule has 0 fully saturated rings. The van der Waals surface area contributed by atoms with Gasteiger partial charge in [0, 0.05) is 0 Å². The van der Waals surface area contributed by atoms with Crippen LogP contribution in [0.25, 0.3) is 0 Å². The molecule has 0 aromatic carbocycles. The maximum atomic E-state index is 9.26. The Kier molecular flexibility index (Phi) is 34.9. The van der Waals surface area contributed by atoms with Crippen LogP contribution in [0.5, 0.6) is 0 Å². The minimum absolute atomic E-state index is 0. The Bertz CT molecular complexity index is 79.8. The predicted molar refractivity (Wildman–Crippen MR) is 43.0 cm³/mol. The second kappa shape index (κ2) is 13.8. The molecule has 0 heterocycles. The Balaban J connectivity index is -0.0000000417. The van der Waals surface area contributed by atoms with Crippen LogP contribution < -0.4 is 0 Å². The molecular weight excluding hydrogens is 197 g/mol. The summed E-state index contributed by atoms with van der Waals surface area (Å²) in [6.07, 6.45) is 0. The van der Waals surface area contributed by atoms with Gasteiger partial charge in [-0.05, 0) is 0 Å². The van der Waals surface area contributed by atoms with E-state index in [1.165, 1.54) is 0 Å². The Morgan fingerprint density at radius 2 is 0.889 bits per heavy atom. The van der Waals surface area contributed by atoms with Crippen molar-refractivity contribution < 1.29 is 17.5 Å². The van der Waals surface area contributed by atoms with Crippen molar-refractivity contribution in [1.82, 2.24) is 0 Å². The van der Waals surface area contributed by atoms with E-state index >= 15 is 0 Å². The fourth-order valence-electron chi connectivity index (χ4n) is 0. The summed E-state index contributed by atoms with van der Waals surface area (Å²) in [6.45, 7) is 0. The second-order valence-electron chi connectivity index (χ2n) is 0.434. The molecule has 0 amide bonds. The third kappa shape index (κ3) is 18.3. The van der Waals surface area contributed by atoms with Crippen LogP contribution in [0.4, 0.5) is 0 Å². The number of hydrogen-bond acceptors (Lipinski definition) is 2. The molecule has 0 radical (unpaired) electrons. The van der Waals surface area contributed by atoms with Gasteiger partial charge in [-0.15, -0.1) is 0 Å². The molecule has 0 rings (SSSR count). The quantitative estimate of drug-likeness (QED) is 0.278. The molecule has 44 valence electrons. The number of rotatable bonds is 1. The van der Waals surface area contributed by atoms with Gasteiger partial charge in [0.15, 0.2) is 0 Å². The normalized spacial score (nSPS) is 13.1. The van der Waals surface area contributed by atoms with Crippen LogP contribution in [0, 0.1) is 0 Å². The van der Waals surface area contributed by atoms with Crippen molar-refractivity contribution in [2.45, 2.75) is 0 Å². The van der Waals surface area contributed by atoms with Crippen molar-refractivity contribution >= 4 is 109 Å². The van der Waals surface area contributed by atoms with E-state index in [0.29, 0.717) is 0 Å². The van der Waals surface area contributed by atoms with Crippen molar-refractivity contribution in [3.05, 3.63) is 0 Å². The summed E-state index contributed by atoms with van der Waals surface area (Å²) in [5.41, 5.74) is 0. The van der Waals surface area contributed by atoms with E-state index in [4.69, 9.17) is 9.11 Å². The van der Waals surface area contributed by atoms with Crippen LogP contribution in [0.1, 0.15) is 0 Å². The van der Waals surface area contributed by atoms with Crippen LogP contribution in [0.3, 0.4) is 0 Å². The molecule has 0 aromatic rings. The second-order valence-corrected chi connectivity index (χ2v) is 3.01. The van der Waals surface area contributed by atoms with Crippen LogP contribution in [0.2, 0.25) is 0 Å². The van der Waals surface area contributed by atoms with E-state index in [1.54, 1.807) is 0 Å². The zero-order valence-electron chi connectivity index (χ0n) is 2.53. The molecule has 0 aliphatic carbocycles. The van der Waals surface area contributed by atoms with E-state index < -0.39 is 20.2 Å². The topological polar surface area (TPSA) is 74.6 Å². The molecular formula is H5Na3O4S2. The zero-order chi connectivity index (χ0) is 5.15. The fraction of sp³-hybridized carbons (Fsp3) is 0. The first-order valence-electron chi connectivity index (χ1n) is 0.865. The standard InChI is InChI=1S/3Na.H2O4S2.3H/c;;;1-5(2)6(3)4;;;/h;;;(H,1,2)(H,3,4);;;. The van der Waals surface area contributed by atoms with Gasteiger partial charge in [-0.1, -0.05) is 0 Å². The van der Waals surface area contributed by atoms with Gasteiger partial charge in [-0.2, -0.15) is 0 Å². The Morgan fingerprint density at radius 1 is 0.778 bits per heavy atom. The molecule has 0 spiro atoms. The summed E-state index contributed by atoms with van der Waals surface area (Å²) < 4.78 is 33.6. The molecule has 4 nitrogen and oxygen atoms in total. The first-order valence-corrected chi connectivity index (χ1v) is 3.60. The molecule has 0 aliphatic rings. The Labute approximate surface area is 124 Å². The van der Waals surface area contributed by atoms with Crippen LogP contribution >= 0.6 is 0 Å². The number of hydrogen-bond donors (Lipinski definition) is 2. The molecule has 9 heteroatoms. The van der Waals surface area contributed by atoms with Gasteiger partial charge in [-0.25, -0.2) is 8.42 Å². The summed E-state index contributed by atoms with van der Waals surface area (Å²) in [6, 6.07) is 0. The maximum absolute atomic E-state index is 9.26. The van der Waals surface area contributed by atoms with E-state index in [9.17, 15) is 8.42 Å². The van der Waals surface area contributed by atoms with Crippen molar-refractivity contribution in [1.29, 1.82) is 0 Å². The summed E-state index contributed by atoms with van der Waals surface area (Å²) in [5.74, 6) is 0. The van der Waals surface area contributed by atoms with E-state index in [-0.39, 0.29) is 88.7 Å². The average Bonchev–Trinajstić information content (AvgIpc) is 1.36. The van der Waals surface area contributed by atoms with Crippen molar-refractivity contribution in [3.8, 4) is 0 Å². The summed E-state index contributed by atoms with van der Waals surface area (Å²) in [5, 5.41) is 0. The summed E-state index contributed by atoms with van der Waals surface area (Å²) in [4.78, 5) is 0. The van der Waals surface area contributed by atoms with Gasteiger partial charge >= 0.3 is 88.7 Å². The van der Waals surface area contributed by atoms with E-state index in [2.05, 4.69) is 0 Å². The predicted octanol–water partition coefficient (Wildman–Crippen LogP) is -2.60. The molecule has 2 unspecified atom stereocenters. The molecule has 0 bridgehead atoms. The Morgan fingerprint density at radius 3 is 0.889 bits per heavy atom. The molecule has 2 atom stereocenters. The third-order valence-electron chi connectivity index (χ3n) is 0.122. The van der Waals surface area contributed by atoms with Crippen LogP contribution in [-0.4, -0.2) is 106 Å². The zero-order valence-corrected chi connectivity index (χ0v) is 4.16. The Hall–Kier alpha value is 3.22. The monoisotopic (exact) mass is 202 g/mol. The van der Waals surface area contributed by atoms with Crippen LogP contribution in [-0.2, 0) is 20.2 Å². The van der Waals surface area contributed by atoms with Gasteiger partial charge in [0.1, 0.15) is 0 Å². The van der Waals surface area contributed by atoms with Crippen molar-refractivity contribution in [2.24, 2.45) is 0 Å². The molecule has 2 N–H and O–H groups in total. The molecule has 9 heavy (non-hydrogen) atoms. The van der Waals surface area contributed by atoms with Gasteiger partial charge < -0.3 is 0 Å². The van der Waals surface area contributed by atoms with Gasteiger partial charge in [0.25, 0.3) is 20.2 Å². The van der Waals surface area contributed by atoms with Crippen LogP contribution in [0.15, 0.2) is 0 Å². The first kappa shape index (κ1) is 22.8. The van der Waals surface area contributed by atoms with Gasteiger partial charge in [-0.3, -0.25) is 9.11 Å². The average molecular weight is 202 g/mol. The molecule has 0 saturated carbocycles. The van der Waals surface area contributed by atoms with Crippen molar-refractivity contribution in [3.63, 3.8) is 0 Å². The first-order chi connectivity index (χ1) is 2.64. The van der Waals surface area contributed by atoms with Gasteiger partial charge in [0.05, 0.1) is 0 Å². The van der Waals surface area contributed by atoms with Gasteiger partial charge in [0.2, 0.25) is 0 Å². The van der Waals surface area contributed by atoms with E-state index in [0.717, 1.165) is 0 Å². The fourth-order valence-corrected chi connectivity index (χ4v) is 0. The molecule has 0 aromatic heterocycles. The SMILES string of the molecule is O=S(O)S(=O)O.[NaH].[NaH].[NaH]. The van der Waals surface area contributed by atoms with Crippen molar-refractivity contribution in [2.75, 3.05) is 0 Å². The van der Waals surface area contributed by atoms with E-state index in [1.807, 2.05) is 0 Å².